The van der Waals surface area contributed by atoms with E-state index in [2.05, 4.69) is 35.9 Å². The fourth-order valence-electron chi connectivity index (χ4n) is 2.45. The van der Waals surface area contributed by atoms with Crippen LogP contribution in [0, 0.1) is 0 Å². The standard InChI is InChI=1S/C13H20N2/c1-3-6-11(2)15-10-5-7-12-13(15)8-4-9-14-12/h4,8-9,11H,3,5-7,10H2,1-2H3. The molecule has 0 saturated carbocycles. The summed E-state index contributed by atoms with van der Waals surface area (Å²) in [6, 6.07) is 4.92. The van der Waals surface area contributed by atoms with Crippen molar-refractivity contribution in [2.24, 2.45) is 0 Å². The van der Waals surface area contributed by atoms with Crippen molar-refractivity contribution in [2.45, 2.75) is 45.6 Å². The second kappa shape index (κ2) is 4.65. The van der Waals surface area contributed by atoms with Gasteiger partial charge in [-0.15, -0.1) is 0 Å². The predicted octanol–water partition coefficient (Wildman–Crippen LogP) is 3.02. The van der Waals surface area contributed by atoms with Crippen LogP contribution in [0.5, 0.6) is 0 Å². The maximum atomic E-state index is 4.47. The van der Waals surface area contributed by atoms with E-state index in [-0.39, 0.29) is 0 Å². The third-order valence-electron chi connectivity index (χ3n) is 3.23. The molecule has 1 aromatic rings. The maximum absolute atomic E-state index is 4.47. The molecule has 2 heteroatoms. The first-order valence-electron chi connectivity index (χ1n) is 6.03. The number of fused-ring (bicyclic) bond motifs is 1. The summed E-state index contributed by atoms with van der Waals surface area (Å²) in [5, 5.41) is 0. The minimum absolute atomic E-state index is 0.651. The van der Waals surface area contributed by atoms with Gasteiger partial charge in [0, 0.05) is 18.8 Å². The Morgan fingerprint density at radius 3 is 3.20 bits per heavy atom. The van der Waals surface area contributed by atoms with Gasteiger partial charge in [0.25, 0.3) is 0 Å². The summed E-state index contributed by atoms with van der Waals surface area (Å²) in [5.74, 6) is 0. The third-order valence-corrected chi connectivity index (χ3v) is 3.23. The molecule has 0 aromatic carbocycles. The first-order chi connectivity index (χ1) is 7.33. The second-order valence-corrected chi connectivity index (χ2v) is 4.40. The Balaban J connectivity index is 2.21. The quantitative estimate of drug-likeness (QED) is 0.752. The van der Waals surface area contributed by atoms with E-state index in [0.29, 0.717) is 6.04 Å². The molecule has 0 radical (unpaired) electrons. The zero-order valence-electron chi connectivity index (χ0n) is 9.74. The minimum atomic E-state index is 0.651. The van der Waals surface area contributed by atoms with E-state index in [9.17, 15) is 0 Å². The van der Waals surface area contributed by atoms with E-state index in [1.54, 1.807) is 0 Å². The van der Waals surface area contributed by atoms with Crippen LogP contribution in [0.2, 0.25) is 0 Å². The predicted molar refractivity (Wildman–Crippen MR) is 64.3 cm³/mol. The molecule has 0 spiro atoms. The van der Waals surface area contributed by atoms with Crippen LogP contribution in [0.3, 0.4) is 0 Å². The largest absolute Gasteiger partial charge is 0.367 e. The highest BCUT2D eigenvalue weighted by molar-refractivity contribution is 5.52. The summed E-state index contributed by atoms with van der Waals surface area (Å²) in [7, 11) is 0. The van der Waals surface area contributed by atoms with E-state index in [4.69, 9.17) is 0 Å². The zero-order chi connectivity index (χ0) is 10.7. The minimum Gasteiger partial charge on any atom is -0.367 e. The molecule has 0 bridgehead atoms. The van der Waals surface area contributed by atoms with Gasteiger partial charge in [-0.25, -0.2) is 0 Å². The lowest BCUT2D eigenvalue weighted by molar-refractivity contribution is 0.549. The number of hydrogen-bond donors (Lipinski definition) is 0. The van der Waals surface area contributed by atoms with Gasteiger partial charge in [-0.1, -0.05) is 13.3 Å². The van der Waals surface area contributed by atoms with Crippen molar-refractivity contribution >= 4 is 5.69 Å². The molecule has 2 heterocycles. The Bertz CT molecular complexity index is 322. The molecule has 0 amide bonds. The Morgan fingerprint density at radius 1 is 1.53 bits per heavy atom. The molecular formula is C13H20N2. The summed E-state index contributed by atoms with van der Waals surface area (Å²) in [5.41, 5.74) is 2.65. The smallest absolute Gasteiger partial charge is 0.0637 e. The molecule has 1 atom stereocenters. The van der Waals surface area contributed by atoms with Crippen molar-refractivity contribution in [2.75, 3.05) is 11.4 Å². The lowest BCUT2D eigenvalue weighted by Crippen LogP contribution is -2.37. The van der Waals surface area contributed by atoms with Crippen molar-refractivity contribution in [1.29, 1.82) is 0 Å². The average molecular weight is 204 g/mol. The third kappa shape index (κ3) is 2.14. The summed E-state index contributed by atoms with van der Waals surface area (Å²) in [4.78, 5) is 6.99. The SMILES string of the molecule is CCCC(C)N1CCCc2ncccc21. The molecule has 1 unspecified atom stereocenters. The molecule has 2 rings (SSSR count). The Hall–Kier alpha value is -1.05. The zero-order valence-corrected chi connectivity index (χ0v) is 9.74. The molecule has 0 aliphatic carbocycles. The van der Waals surface area contributed by atoms with Gasteiger partial charge in [0.2, 0.25) is 0 Å². The van der Waals surface area contributed by atoms with Crippen molar-refractivity contribution in [3.05, 3.63) is 24.0 Å². The lowest BCUT2D eigenvalue weighted by Gasteiger charge is -2.35. The fraction of sp³-hybridized carbons (Fsp3) is 0.615. The van der Waals surface area contributed by atoms with Crippen molar-refractivity contribution in [1.82, 2.24) is 4.98 Å². The number of rotatable bonds is 3. The fourth-order valence-corrected chi connectivity index (χ4v) is 2.45. The Labute approximate surface area is 92.3 Å². The molecule has 2 nitrogen and oxygen atoms in total. The first kappa shape index (κ1) is 10.5. The number of pyridine rings is 1. The van der Waals surface area contributed by atoms with Gasteiger partial charge >= 0.3 is 0 Å². The molecule has 1 aromatic heterocycles. The molecule has 1 aliphatic rings. The summed E-state index contributed by atoms with van der Waals surface area (Å²) >= 11 is 0. The highest BCUT2D eigenvalue weighted by atomic mass is 15.2. The highest BCUT2D eigenvalue weighted by Gasteiger charge is 2.20. The molecule has 1 aliphatic heterocycles. The second-order valence-electron chi connectivity index (χ2n) is 4.40. The van der Waals surface area contributed by atoms with E-state index in [1.165, 1.54) is 37.2 Å². The van der Waals surface area contributed by atoms with Crippen molar-refractivity contribution < 1.29 is 0 Å². The monoisotopic (exact) mass is 204 g/mol. The number of aromatic nitrogens is 1. The normalized spacial score (nSPS) is 17.3. The van der Waals surface area contributed by atoms with Crippen LogP contribution in [0.15, 0.2) is 18.3 Å². The van der Waals surface area contributed by atoms with Crippen LogP contribution in [0.4, 0.5) is 5.69 Å². The molecule has 82 valence electrons. The molecule has 0 saturated heterocycles. The van der Waals surface area contributed by atoms with Crippen LogP contribution in [-0.4, -0.2) is 17.6 Å². The van der Waals surface area contributed by atoms with Crippen LogP contribution < -0.4 is 4.90 Å². The van der Waals surface area contributed by atoms with Gasteiger partial charge in [0.05, 0.1) is 11.4 Å². The number of hydrogen-bond acceptors (Lipinski definition) is 2. The molecular weight excluding hydrogens is 184 g/mol. The van der Waals surface area contributed by atoms with Crippen LogP contribution >= 0.6 is 0 Å². The van der Waals surface area contributed by atoms with Gasteiger partial charge in [-0.2, -0.15) is 0 Å². The lowest BCUT2D eigenvalue weighted by atomic mass is 10.0. The summed E-state index contributed by atoms with van der Waals surface area (Å²) in [6.45, 7) is 5.77. The Morgan fingerprint density at radius 2 is 2.40 bits per heavy atom. The van der Waals surface area contributed by atoms with Crippen LogP contribution in [0.25, 0.3) is 0 Å². The van der Waals surface area contributed by atoms with Crippen molar-refractivity contribution in [3.8, 4) is 0 Å². The number of nitrogens with zero attached hydrogens (tertiary/aromatic N) is 2. The number of anilines is 1. The van der Waals surface area contributed by atoms with Crippen LogP contribution in [0.1, 0.15) is 38.8 Å². The van der Waals surface area contributed by atoms with Gasteiger partial charge in [-0.05, 0) is 38.3 Å². The average Bonchev–Trinajstić information content (AvgIpc) is 2.28. The summed E-state index contributed by atoms with van der Waals surface area (Å²) < 4.78 is 0. The van der Waals surface area contributed by atoms with E-state index in [0.717, 1.165) is 6.42 Å². The molecule has 0 fully saturated rings. The topological polar surface area (TPSA) is 16.1 Å². The summed E-state index contributed by atoms with van der Waals surface area (Å²) in [6.07, 6.45) is 6.83. The maximum Gasteiger partial charge on any atom is 0.0637 e. The van der Waals surface area contributed by atoms with E-state index < -0.39 is 0 Å². The molecule has 0 N–H and O–H groups in total. The Kier molecular flexibility index (Phi) is 3.24. The van der Waals surface area contributed by atoms with Crippen LogP contribution in [-0.2, 0) is 6.42 Å². The van der Waals surface area contributed by atoms with Crippen molar-refractivity contribution in [3.63, 3.8) is 0 Å². The molecule has 15 heavy (non-hydrogen) atoms. The highest BCUT2D eigenvalue weighted by Crippen LogP contribution is 2.27. The van der Waals surface area contributed by atoms with Gasteiger partial charge < -0.3 is 4.90 Å². The van der Waals surface area contributed by atoms with Gasteiger partial charge in [0.15, 0.2) is 0 Å². The number of aryl methyl sites for hydroxylation is 1. The van der Waals surface area contributed by atoms with E-state index in [1.807, 2.05) is 6.20 Å². The van der Waals surface area contributed by atoms with E-state index >= 15 is 0 Å². The van der Waals surface area contributed by atoms with Gasteiger partial charge in [-0.3, -0.25) is 4.98 Å². The van der Waals surface area contributed by atoms with Gasteiger partial charge in [0.1, 0.15) is 0 Å². The first-order valence-corrected chi connectivity index (χ1v) is 6.03.